The van der Waals surface area contributed by atoms with Gasteiger partial charge in [-0.3, -0.25) is 0 Å². The van der Waals surface area contributed by atoms with Crippen molar-refractivity contribution in [3.05, 3.63) is 63.9 Å². The average Bonchev–Trinajstić information content (AvgIpc) is 2.70. The predicted molar refractivity (Wildman–Crippen MR) is 109 cm³/mol. The van der Waals surface area contributed by atoms with Gasteiger partial charge < -0.3 is 19.9 Å². The summed E-state index contributed by atoms with van der Waals surface area (Å²) in [5.41, 5.74) is 0.948. The fraction of sp³-hybridized carbons (Fsp3) is 0.429. The number of hydrogen-bond acceptors (Lipinski definition) is 4. The maximum atomic E-state index is 13.3. The van der Waals surface area contributed by atoms with E-state index in [9.17, 15) is 9.50 Å². The van der Waals surface area contributed by atoms with Gasteiger partial charge in [-0.05, 0) is 42.7 Å². The first-order valence-electron chi connectivity index (χ1n) is 9.29. The fourth-order valence-electron chi connectivity index (χ4n) is 3.45. The molecule has 1 fully saturated rings. The maximum Gasteiger partial charge on any atom is 0.139 e. The van der Waals surface area contributed by atoms with Gasteiger partial charge >= 0.3 is 0 Å². The van der Waals surface area contributed by atoms with Gasteiger partial charge in [0, 0.05) is 31.7 Å². The monoisotopic (exact) mass is 427 g/mol. The van der Waals surface area contributed by atoms with E-state index in [1.54, 1.807) is 18.2 Å². The molecule has 2 aromatic rings. The summed E-state index contributed by atoms with van der Waals surface area (Å²) in [7, 11) is 0. The lowest BCUT2D eigenvalue weighted by Gasteiger charge is -2.38. The first kappa shape index (κ1) is 21.3. The van der Waals surface area contributed by atoms with Crippen molar-refractivity contribution in [1.29, 1.82) is 0 Å². The van der Waals surface area contributed by atoms with Gasteiger partial charge in [0.2, 0.25) is 0 Å². The number of benzene rings is 2. The summed E-state index contributed by atoms with van der Waals surface area (Å²) in [6, 6.07) is 11.8. The van der Waals surface area contributed by atoms with E-state index in [1.165, 1.54) is 12.1 Å². The van der Waals surface area contributed by atoms with Crippen LogP contribution < -0.4 is 10.1 Å². The molecule has 2 aromatic carbocycles. The zero-order valence-electron chi connectivity index (χ0n) is 15.5. The number of aliphatic hydroxyl groups excluding tert-OH is 1. The third-order valence-electron chi connectivity index (χ3n) is 5.10. The number of aliphatic hydroxyl groups is 1. The summed E-state index contributed by atoms with van der Waals surface area (Å²) >= 11 is 12.0. The third-order valence-corrected chi connectivity index (χ3v) is 5.90. The molecule has 4 nitrogen and oxygen atoms in total. The van der Waals surface area contributed by atoms with Crippen LogP contribution in [-0.2, 0) is 10.2 Å². The van der Waals surface area contributed by atoms with Crippen molar-refractivity contribution in [2.75, 3.05) is 32.9 Å². The van der Waals surface area contributed by atoms with Crippen molar-refractivity contribution in [2.24, 2.45) is 0 Å². The number of nitrogens with one attached hydrogen (secondary N) is 1. The van der Waals surface area contributed by atoms with Crippen LogP contribution in [0.25, 0.3) is 0 Å². The molecule has 1 saturated heterocycles. The molecule has 0 aromatic heterocycles. The van der Waals surface area contributed by atoms with Crippen LogP contribution in [0.5, 0.6) is 5.75 Å². The Morgan fingerprint density at radius 2 is 1.86 bits per heavy atom. The van der Waals surface area contributed by atoms with E-state index in [1.807, 2.05) is 12.1 Å². The van der Waals surface area contributed by atoms with E-state index in [0.29, 0.717) is 42.1 Å². The van der Waals surface area contributed by atoms with E-state index in [4.69, 9.17) is 32.7 Å². The first-order valence-corrected chi connectivity index (χ1v) is 10.1. The van der Waals surface area contributed by atoms with Crippen molar-refractivity contribution in [3.63, 3.8) is 0 Å². The molecule has 0 saturated carbocycles. The molecule has 0 amide bonds. The fourth-order valence-corrected chi connectivity index (χ4v) is 3.80. The molecule has 3 rings (SSSR count). The van der Waals surface area contributed by atoms with E-state index in [-0.39, 0.29) is 17.8 Å². The van der Waals surface area contributed by atoms with Crippen molar-refractivity contribution in [1.82, 2.24) is 5.32 Å². The summed E-state index contributed by atoms with van der Waals surface area (Å²) in [6.07, 6.45) is 0.979. The van der Waals surface area contributed by atoms with Crippen molar-refractivity contribution >= 4 is 23.2 Å². The Hall–Kier alpha value is -1.37. The highest BCUT2D eigenvalue weighted by molar-refractivity contribution is 6.42. The summed E-state index contributed by atoms with van der Waals surface area (Å²) < 4.78 is 24.4. The Morgan fingerprint density at radius 3 is 2.57 bits per heavy atom. The van der Waals surface area contributed by atoms with Gasteiger partial charge in [-0.15, -0.1) is 0 Å². The molecule has 152 valence electrons. The van der Waals surface area contributed by atoms with Crippen LogP contribution >= 0.6 is 23.2 Å². The van der Waals surface area contributed by atoms with Crippen LogP contribution in [0.15, 0.2) is 42.5 Å². The maximum absolute atomic E-state index is 13.3. The quantitative estimate of drug-likeness (QED) is 0.662. The molecule has 1 aliphatic heterocycles. The molecule has 0 radical (unpaired) electrons. The minimum atomic E-state index is -0.708. The number of halogens is 3. The second-order valence-corrected chi connectivity index (χ2v) is 7.83. The minimum Gasteiger partial charge on any atom is -0.489 e. The Bertz CT molecular complexity index is 767. The molecule has 1 unspecified atom stereocenters. The first-order chi connectivity index (χ1) is 13.5. The molecule has 1 aliphatic rings. The highest BCUT2D eigenvalue weighted by Crippen LogP contribution is 2.34. The minimum absolute atomic E-state index is 0.0969. The molecular formula is C21H24Cl2FNO3. The summed E-state index contributed by atoms with van der Waals surface area (Å²) in [4.78, 5) is 0. The van der Waals surface area contributed by atoms with Crippen LogP contribution in [0.4, 0.5) is 4.39 Å². The Labute approximate surface area is 174 Å². The third kappa shape index (κ3) is 5.37. The van der Waals surface area contributed by atoms with Crippen molar-refractivity contribution < 1.29 is 19.0 Å². The van der Waals surface area contributed by atoms with Gasteiger partial charge in [0.25, 0.3) is 0 Å². The van der Waals surface area contributed by atoms with Crippen LogP contribution in [0.2, 0.25) is 10.0 Å². The largest absolute Gasteiger partial charge is 0.489 e. The SMILES string of the molecule is OC(CNCC1(c2ccc(F)cc2)CCOCC1)COc1cccc(Cl)c1Cl. The Balaban J connectivity index is 1.54. The normalized spacial score (nSPS) is 17.3. The molecule has 7 heteroatoms. The molecule has 0 spiro atoms. The van der Waals surface area contributed by atoms with Gasteiger partial charge in [-0.1, -0.05) is 41.4 Å². The van der Waals surface area contributed by atoms with Gasteiger partial charge in [-0.25, -0.2) is 4.39 Å². The lowest BCUT2D eigenvalue weighted by Crippen LogP contribution is -2.45. The molecule has 0 aliphatic carbocycles. The van der Waals surface area contributed by atoms with Gasteiger partial charge in [0.15, 0.2) is 0 Å². The van der Waals surface area contributed by atoms with E-state index >= 15 is 0 Å². The highest BCUT2D eigenvalue weighted by atomic mass is 35.5. The Kier molecular flexibility index (Phi) is 7.55. The van der Waals surface area contributed by atoms with Crippen LogP contribution in [0.3, 0.4) is 0 Å². The second kappa shape index (κ2) is 9.90. The van der Waals surface area contributed by atoms with Crippen molar-refractivity contribution in [3.8, 4) is 5.75 Å². The molecule has 1 heterocycles. The molecule has 0 bridgehead atoms. The molecule has 2 N–H and O–H groups in total. The van der Waals surface area contributed by atoms with Crippen LogP contribution in [-0.4, -0.2) is 44.1 Å². The predicted octanol–water partition coefficient (Wildman–Crippen LogP) is 4.21. The zero-order chi connectivity index (χ0) is 20.0. The summed E-state index contributed by atoms with van der Waals surface area (Å²) in [5, 5.41) is 14.3. The second-order valence-electron chi connectivity index (χ2n) is 7.05. The summed E-state index contributed by atoms with van der Waals surface area (Å²) in [6.45, 7) is 2.45. The summed E-state index contributed by atoms with van der Waals surface area (Å²) in [5.74, 6) is 0.201. The van der Waals surface area contributed by atoms with Gasteiger partial charge in [0.05, 0.1) is 5.02 Å². The van der Waals surface area contributed by atoms with Crippen molar-refractivity contribution in [2.45, 2.75) is 24.4 Å². The number of hydrogen-bond donors (Lipinski definition) is 2. The topological polar surface area (TPSA) is 50.7 Å². The van der Waals surface area contributed by atoms with Gasteiger partial charge in [0.1, 0.15) is 29.3 Å². The van der Waals surface area contributed by atoms with Crippen LogP contribution in [0, 0.1) is 5.82 Å². The standard InChI is InChI=1S/C21H24Cl2FNO3/c22-18-2-1-3-19(20(18)23)28-13-17(26)12-25-14-21(8-10-27-11-9-21)15-4-6-16(24)7-5-15/h1-7,17,25-26H,8-14H2. The van der Waals surface area contributed by atoms with Crippen LogP contribution in [0.1, 0.15) is 18.4 Å². The molecule has 1 atom stereocenters. The van der Waals surface area contributed by atoms with Gasteiger partial charge in [-0.2, -0.15) is 0 Å². The average molecular weight is 428 g/mol. The Morgan fingerprint density at radius 1 is 1.14 bits per heavy atom. The highest BCUT2D eigenvalue weighted by Gasteiger charge is 2.34. The zero-order valence-corrected chi connectivity index (χ0v) is 17.0. The van der Waals surface area contributed by atoms with E-state index < -0.39 is 6.10 Å². The smallest absolute Gasteiger partial charge is 0.139 e. The number of ether oxygens (including phenoxy) is 2. The lowest BCUT2D eigenvalue weighted by molar-refractivity contribution is 0.0470. The number of rotatable bonds is 8. The van der Waals surface area contributed by atoms with E-state index in [0.717, 1.165) is 18.4 Å². The molecular weight excluding hydrogens is 404 g/mol. The lowest BCUT2D eigenvalue weighted by atomic mass is 9.74. The van der Waals surface area contributed by atoms with E-state index in [2.05, 4.69) is 5.32 Å². The molecule has 28 heavy (non-hydrogen) atoms.